The van der Waals surface area contributed by atoms with Crippen molar-refractivity contribution in [2.45, 2.75) is 38.4 Å². The Labute approximate surface area is 159 Å². The first-order valence-corrected chi connectivity index (χ1v) is 8.86. The topological polar surface area (TPSA) is 29.9 Å². The average molecular weight is 372 g/mol. The van der Waals surface area contributed by atoms with Crippen LogP contribution in [0.1, 0.15) is 41.3 Å². The monoisotopic (exact) mass is 371 g/mol. The molecule has 1 atom stereocenters. The number of aromatic nitrogens is 2. The molecule has 3 nitrogen and oxygen atoms in total. The van der Waals surface area contributed by atoms with Crippen molar-refractivity contribution < 1.29 is 4.39 Å². The Morgan fingerprint density at radius 2 is 1.81 bits per heavy atom. The number of benzene rings is 2. The van der Waals surface area contributed by atoms with Crippen LogP contribution >= 0.6 is 12.4 Å². The van der Waals surface area contributed by atoms with Gasteiger partial charge in [0.25, 0.3) is 0 Å². The number of nitrogens with one attached hydrogen (secondary N) is 1. The fourth-order valence-corrected chi connectivity index (χ4v) is 3.57. The van der Waals surface area contributed by atoms with E-state index >= 15 is 0 Å². The molecule has 5 heteroatoms. The van der Waals surface area contributed by atoms with Crippen molar-refractivity contribution in [3.05, 3.63) is 89.0 Å². The molecular formula is C21H23ClFN3. The van der Waals surface area contributed by atoms with Crippen LogP contribution in [0.3, 0.4) is 0 Å². The van der Waals surface area contributed by atoms with Gasteiger partial charge in [-0.3, -0.25) is 4.68 Å². The molecule has 0 fully saturated rings. The first-order chi connectivity index (χ1) is 12.3. The number of fused-ring (bicyclic) bond motifs is 1. The van der Waals surface area contributed by atoms with Gasteiger partial charge in [-0.15, -0.1) is 12.4 Å². The second kappa shape index (κ2) is 8.47. The van der Waals surface area contributed by atoms with Crippen LogP contribution in [-0.4, -0.2) is 9.78 Å². The van der Waals surface area contributed by atoms with E-state index in [1.165, 1.54) is 29.0 Å². The molecule has 0 spiro atoms. The maximum Gasteiger partial charge on any atom is 0.123 e. The van der Waals surface area contributed by atoms with Crippen molar-refractivity contribution in [1.29, 1.82) is 0 Å². The van der Waals surface area contributed by atoms with E-state index in [1.54, 1.807) is 0 Å². The smallest absolute Gasteiger partial charge is 0.123 e. The minimum absolute atomic E-state index is 0. The lowest BCUT2D eigenvalue weighted by Gasteiger charge is -2.24. The molecule has 1 N–H and O–H groups in total. The van der Waals surface area contributed by atoms with E-state index in [-0.39, 0.29) is 18.2 Å². The summed E-state index contributed by atoms with van der Waals surface area (Å²) >= 11 is 0. The third kappa shape index (κ3) is 4.14. The maximum atomic E-state index is 13.0. The molecule has 1 aromatic heterocycles. The molecule has 0 amide bonds. The van der Waals surface area contributed by atoms with Gasteiger partial charge in [0.2, 0.25) is 0 Å². The number of rotatable bonds is 5. The van der Waals surface area contributed by atoms with E-state index in [4.69, 9.17) is 0 Å². The van der Waals surface area contributed by atoms with Gasteiger partial charge >= 0.3 is 0 Å². The van der Waals surface area contributed by atoms with E-state index in [0.717, 1.165) is 37.9 Å². The molecule has 4 rings (SSSR count). The number of hydrogen-bond donors (Lipinski definition) is 1. The summed E-state index contributed by atoms with van der Waals surface area (Å²) in [5.74, 6) is -0.189. The first kappa shape index (κ1) is 18.6. The molecule has 0 radical (unpaired) electrons. The Kier molecular flexibility index (Phi) is 6.07. The third-order valence-corrected chi connectivity index (χ3v) is 4.90. The fraction of sp³-hybridized carbons (Fsp3) is 0.286. The lowest BCUT2D eigenvalue weighted by molar-refractivity contribution is 0.449. The lowest BCUT2D eigenvalue weighted by Crippen LogP contribution is -2.25. The van der Waals surface area contributed by atoms with Crippen molar-refractivity contribution in [2.75, 3.05) is 0 Å². The Balaban J connectivity index is 0.00000196. The molecule has 136 valence electrons. The molecular weight excluding hydrogens is 349 g/mol. The summed E-state index contributed by atoms with van der Waals surface area (Å²) in [6, 6.07) is 17.5. The van der Waals surface area contributed by atoms with Gasteiger partial charge in [0.05, 0.1) is 12.7 Å². The molecule has 1 aliphatic carbocycles. The lowest BCUT2D eigenvalue weighted by atomic mass is 9.92. The summed E-state index contributed by atoms with van der Waals surface area (Å²) < 4.78 is 15.2. The second-order valence-electron chi connectivity index (χ2n) is 6.64. The van der Waals surface area contributed by atoms with E-state index in [2.05, 4.69) is 39.4 Å². The molecule has 0 bridgehead atoms. The quantitative estimate of drug-likeness (QED) is 0.707. The Bertz CT molecular complexity index is 830. The SMILES string of the molecule is Cl.Fc1ccc(CNC2CCCc3c2cnn3Cc2ccccc2)cc1. The highest BCUT2D eigenvalue weighted by molar-refractivity contribution is 5.85. The van der Waals surface area contributed by atoms with Gasteiger partial charge in [0.1, 0.15) is 5.82 Å². The van der Waals surface area contributed by atoms with Crippen LogP contribution in [0.25, 0.3) is 0 Å². The highest BCUT2D eigenvalue weighted by Gasteiger charge is 2.23. The third-order valence-electron chi connectivity index (χ3n) is 4.90. The predicted octanol–water partition coefficient (Wildman–Crippen LogP) is 4.66. The van der Waals surface area contributed by atoms with E-state index in [0.29, 0.717) is 6.04 Å². The summed E-state index contributed by atoms with van der Waals surface area (Å²) in [6.45, 7) is 1.56. The molecule has 3 aromatic rings. The van der Waals surface area contributed by atoms with Gasteiger partial charge in [-0.25, -0.2) is 4.39 Å². The van der Waals surface area contributed by atoms with Crippen LogP contribution < -0.4 is 5.32 Å². The summed E-state index contributed by atoms with van der Waals surface area (Å²) in [5.41, 5.74) is 5.02. The van der Waals surface area contributed by atoms with Crippen LogP contribution in [0.15, 0.2) is 60.8 Å². The molecule has 1 aliphatic rings. The normalized spacial score (nSPS) is 16.0. The first-order valence-electron chi connectivity index (χ1n) is 8.86. The Morgan fingerprint density at radius 3 is 2.58 bits per heavy atom. The molecule has 0 saturated carbocycles. The minimum Gasteiger partial charge on any atom is -0.306 e. The zero-order valence-electron chi connectivity index (χ0n) is 14.6. The molecule has 26 heavy (non-hydrogen) atoms. The molecule has 2 aromatic carbocycles. The summed E-state index contributed by atoms with van der Waals surface area (Å²) in [6.07, 6.45) is 5.37. The zero-order chi connectivity index (χ0) is 17.1. The molecule has 1 unspecified atom stereocenters. The maximum absolute atomic E-state index is 13.0. The van der Waals surface area contributed by atoms with Crippen LogP contribution in [0.5, 0.6) is 0 Å². The highest BCUT2D eigenvalue weighted by atomic mass is 35.5. The largest absolute Gasteiger partial charge is 0.306 e. The van der Waals surface area contributed by atoms with Gasteiger partial charge in [-0.1, -0.05) is 42.5 Å². The van der Waals surface area contributed by atoms with Gasteiger partial charge in [0, 0.05) is 23.8 Å². The average Bonchev–Trinajstić information content (AvgIpc) is 3.06. The number of hydrogen-bond acceptors (Lipinski definition) is 2. The standard InChI is InChI=1S/C21H22FN3.ClH/c22-18-11-9-16(10-12-18)13-23-20-7-4-8-21-19(20)14-24-25(21)15-17-5-2-1-3-6-17;/h1-3,5-6,9-12,14,20,23H,4,7-8,13,15H2;1H. The van der Waals surface area contributed by atoms with Crippen LogP contribution in [0.4, 0.5) is 4.39 Å². The van der Waals surface area contributed by atoms with Gasteiger partial charge in [0.15, 0.2) is 0 Å². The number of halogens is 2. The fourth-order valence-electron chi connectivity index (χ4n) is 3.57. The van der Waals surface area contributed by atoms with Crippen molar-refractivity contribution in [1.82, 2.24) is 15.1 Å². The van der Waals surface area contributed by atoms with Crippen molar-refractivity contribution >= 4 is 12.4 Å². The molecule has 0 aliphatic heterocycles. The van der Waals surface area contributed by atoms with E-state index in [1.807, 2.05) is 24.4 Å². The predicted molar refractivity (Wildman–Crippen MR) is 104 cm³/mol. The van der Waals surface area contributed by atoms with Crippen molar-refractivity contribution in [3.8, 4) is 0 Å². The summed E-state index contributed by atoms with van der Waals surface area (Å²) in [4.78, 5) is 0. The van der Waals surface area contributed by atoms with Crippen LogP contribution in [0, 0.1) is 5.82 Å². The van der Waals surface area contributed by atoms with Crippen LogP contribution in [0.2, 0.25) is 0 Å². The summed E-state index contributed by atoms with van der Waals surface area (Å²) in [7, 11) is 0. The number of nitrogens with zero attached hydrogens (tertiary/aromatic N) is 2. The zero-order valence-corrected chi connectivity index (χ0v) is 15.4. The highest BCUT2D eigenvalue weighted by Crippen LogP contribution is 2.30. The molecule has 0 saturated heterocycles. The molecule has 1 heterocycles. The Hall–Kier alpha value is -2.17. The van der Waals surface area contributed by atoms with Crippen LogP contribution in [-0.2, 0) is 19.5 Å². The second-order valence-corrected chi connectivity index (χ2v) is 6.64. The summed E-state index contributed by atoms with van der Waals surface area (Å²) in [5, 5.41) is 8.25. The van der Waals surface area contributed by atoms with Crippen molar-refractivity contribution in [3.63, 3.8) is 0 Å². The van der Waals surface area contributed by atoms with Crippen molar-refractivity contribution in [2.24, 2.45) is 0 Å². The van der Waals surface area contributed by atoms with Gasteiger partial charge in [-0.2, -0.15) is 5.10 Å². The van der Waals surface area contributed by atoms with Gasteiger partial charge in [-0.05, 0) is 42.5 Å². The van der Waals surface area contributed by atoms with E-state index < -0.39 is 0 Å². The van der Waals surface area contributed by atoms with Gasteiger partial charge < -0.3 is 5.32 Å². The Morgan fingerprint density at radius 1 is 1.04 bits per heavy atom. The van der Waals surface area contributed by atoms with E-state index in [9.17, 15) is 4.39 Å². The minimum atomic E-state index is -0.189.